The smallest absolute Gasteiger partial charge is 0.387 e. The molecule has 0 radical (unpaired) electrons. The summed E-state index contributed by atoms with van der Waals surface area (Å²) in [5.41, 5.74) is 0. The van der Waals surface area contributed by atoms with E-state index in [1.165, 1.54) is 7.11 Å². The minimum absolute atomic E-state index is 0.133. The van der Waals surface area contributed by atoms with Crippen molar-refractivity contribution in [2.45, 2.75) is 11.5 Å². The number of rotatable bonds is 4. The molecular weight excluding hydrogens is 244 g/mol. The molecule has 1 aromatic carbocycles. The van der Waals surface area contributed by atoms with Crippen LogP contribution in [0.2, 0.25) is 0 Å². The van der Waals surface area contributed by atoms with Gasteiger partial charge < -0.3 is 9.47 Å². The maximum absolute atomic E-state index is 12.0. The zero-order valence-corrected chi connectivity index (χ0v) is 9.00. The Morgan fingerprint density at radius 3 is 2.38 bits per heavy atom. The van der Waals surface area contributed by atoms with Gasteiger partial charge in [-0.3, -0.25) is 0 Å². The van der Waals surface area contributed by atoms with Crippen LogP contribution in [0.25, 0.3) is 0 Å². The van der Waals surface area contributed by atoms with Crippen LogP contribution in [0.1, 0.15) is 0 Å². The van der Waals surface area contributed by atoms with E-state index in [9.17, 15) is 17.2 Å². The average molecular weight is 253 g/mol. The van der Waals surface area contributed by atoms with Crippen LogP contribution in [0.5, 0.6) is 11.5 Å². The van der Waals surface area contributed by atoms with Gasteiger partial charge in [0.25, 0.3) is 0 Å². The maximum atomic E-state index is 12.0. The third-order valence-electron chi connectivity index (χ3n) is 1.68. The van der Waals surface area contributed by atoms with Crippen LogP contribution in [0.15, 0.2) is 23.1 Å². The summed E-state index contributed by atoms with van der Waals surface area (Å²) in [7, 11) is -2.71. The summed E-state index contributed by atoms with van der Waals surface area (Å²) in [6.45, 7) is -3.02. The fourth-order valence-electron chi connectivity index (χ4n) is 1.02. The van der Waals surface area contributed by atoms with Crippen molar-refractivity contribution in [3.8, 4) is 11.5 Å². The second-order valence-electron chi connectivity index (χ2n) is 2.74. The van der Waals surface area contributed by atoms with Crippen molar-refractivity contribution in [1.82, 2.24) is 0 Å². The van der Waals surface area contributed by atoms with Crippen LogP contribution in [0.4, 0.5) is 8.78 Å². The highest BCUT2D eigenvalue weighted by Gasteiger charge is 2.15. The topological polar surface area (TPSA) is 78.6 Å². The first kappa shape index (κ1) is 12.7. The van der Waals surface area contributed by atoms with Crippen LogP contribution in [0, 0.1) is 0 Å². The number of hydrogen-bond acceptors (Lipinski definition) is 4. The molecule has 0 saturated heterocycles. The lowest BCUT2D eigenvalue weighted by Crippen LogP contribution is -2.12. The molecular formula is C8H9F2NO4S. The van der Waals surface area contributed by atoms with E-state index in [-0.39, 0.29) is 16.4 Å². The average Bonchev–Trinajstić information content (AvgIpc) is 2.15. The number of halogens is 2. The van der Waals surface area contributed by atoms with E-state index in [1.807, 2.05) is 0 Å². The molecule has 0 aliphatic rings. The Kier molecular flexibility index (Phi) is 3.66. The Morgan fingerprint density at radius 1 is 1.31 bits per heavy atom. The third-order valence-corrected chi connectivity index (χ3v) is 2.59. The van der Waals surface area contributed by atoms with Gasteiger partial charge in [0.15, 0.2) is 11.5 Å². The van der Waals surface area contributed by atoms with Gasteiger partial charge in [0.1, 0.15) is 0 Å². The molecule has 1 rings (SSSR count). The van der Waals surface area contributed by atoms with Gasteiger partial charge >= 0.3 is 6.61 Å². The molecule has 0 bridgehead atoms. The van der Waals surface area contributed by atoms with Crippen molar-refractivity contribution in [2.75, 3.05) is 7.11 Å². The number of methoxy groups -OCH3 is 1. The number of primary sulfonamides is 1. The number of hydrogen-bond donors (Lipinski definition) is 1. The Bertz CT molecular complexity index is 475. The summed E-state index contributed by atoms with van der Waals surface area (Å²) in [4.78, 5) is -0.244. The normalized spacial score (nSPS) is 11.6. The molecule has 0 aliphatic heterocycles. The number of nitrogens with two attached hydrogens (primary N) is 1. The van der Waals surface area contributed by atoms with Gasteiger partial charge in [0.05, 0.1) is 12.0 Å². The summed E-state index contributed by atoms with van der Waals surface area (Å²) < 4.78 is 54.7. The molecule has 90 valence electrons. The molecule has 0 heterocycles. The van der Waals surface area contributed by atoms with E-state index in [2.05, 4.69) is 4.74 Å². The first-order valence-corrected chi connectivity index (χ1v) is 5.55. The van der Waals surface area contributed by atoms with Crippen LogP contribution in [0.3, 0.4) is 0 Å². The van der Waals surface area contributed by atoms with Gasteiger partial charge in [-0.2, -0.15) is 8.78 Å². The monoisotopic (exact) mass is 253 g/mol. The molecule has 16 heavy (non-hydrogen) atoms. The Hall–Kier alpha value is -1.41. The predicted molar refractivity (Wildman–Crippen MR) is 51.0 cm³/mol. The molecule has 8 heteroatoms. The Morgan fingerprint density at radius 2 is 1.94 bits per heavy atom. The van der Waals surface area contributed by atoms with E-state index >= 15 is 0 Å². The van der Waals surface area contributed by atoms with Crippen molar-refractivity contribution in [2.24, 2.45) is 5.14 Å². The van der Waals surface area contributed by atoms with Gasteiger partial charge in [-0.1, -0.05) is 0 Å². The molecule has 1 aromatic rings. The first-order valence-electron chi connectivity index (χ1n) is 4.00. The Balaban J connectivity index is 3.17. The summed E-state index contributed by atoms with van der Waals surface area (Å²) in [5.74, 6) is -0.392. The van der Waals surface area contributed by atoms with Crippen LogP contribution in [-0.4, -0.2) is 22.1 Å². The van der Waals surface area contributed by atoms with Crippen LogP contribution < -0.4 is 14.6 Å². The first-order chi connectivity index (χ1) is 7.34. The molecule has 0 fully saturated rings. The molecule has 0 unspecified atom stereocenters. The lowest BCUT2D eigenvalue weighted by Gasteiger charge is -2.10. The zero-order valence-electron chi connectivity index (χ0n) is 8.18. The molecule has 0 saturated carbocycles. The molecule has 0 aliphatic carbocycles. The third kappa shape index (κ3) is 3.04. The molecule has 0 aromatic heterocycles. The van der Waals surface area contributed by atoms with E-state index in [1.54, 1.807) is 0 Å². The predicted octanol–water partition coefficient (Wildman–Crippen LogP) is 0.944. The van der Waals surface area contributed by atoms with Crippen LogP contribution in [-0.2, 0) is 10.0 Å². The highest BCUT2D eigenvalue weighted by atomic mass is 32.2. The summed E-state index contributed by atoms with van der Waals surface area (Å²) in [6, 6.07) is 3.10. The molecule has 5 nitrogen and oxygen atoms in total. The fourth-order valence-corrected chi connectivity index (χ4v) is 1.55. The van der Waals surface area contributed by atoms with E-state index in [0.29, 0.717) is 0 Å². The van der Waals surface area contributed by atoms with Crippen molar-refractivity contribution >= 4 is 10.0 Å². The standard InChI is InChI=1S/C8H9F2NO4S/c1-14-7-4-5(16(11,12)13)2-3-6(7)15-8(9)10/h2-4,8H,1H3,(H2,11,12,13). The lowest BCUT2D eigenvalue weighted by atomic mass is 10.3. The molecule has 0 atom stereocenters. The quantitative estimate of drug-likeness (QED) is 0.866. The van der Waals surface area contributed by atoms with Gasteiger partial charge in [0.2, 0.25) is 10.0 Å². The second kappa shape index (κ2) is 4.62. The minimum Gasteiger partial charge on any atom is -0.493 e. The molecule has 2 N–H and O–H groups in total. The number of sulfonamides is 1. The van der Waals surface area contributed by atoms with Gasteiger partial charge in [-0.05, 0) is 12.1 Å². The zero-order chi connectivity index (χ0) is 12.3. The highest BCUT2D eigenvalue weighted by molar-refractivity contribution is 7.89. The summed E-state index contributed by atoms with van der Waals surface area (Å²) in [6.07, 6.45) is 0. The van der Waals surface area contributed by atoms with Crippen molar-refractivity contribution < 1.29 is 26.7 Å². The van der Waals surface area contributed by atoms with Crippen molar-refractivity contribution in [1.29, 1.82) is 0 Å². The minimum atomic E-state index is -3.90. The maximum Gasteiger partial charge on any atom is 0.387 e. The summed E-state index contributed by atoms with van der Waals surface area (Å²) >= 11 is 0. The van der Waals surface area contributed by atoms with Gasteiger partial charge in [-0.15, -0.1) is 0 Å². The van der Waals surface area contributed by atoms with Crippen molar-refractivity contribution in [3.05, 3.63) is 18.2 Å². The lowest BCUT2D eigenvalue weighted by molar-refractivity contribution is -0.0512. The number of benzene rings is 1. The van der Waals surface area contributed by atoms with E-state index in [4.69, 9.17) is 9.88 Å². The van der Waals surface area contributed by atoms with Crippen molar-refractivity contribution in [3.63, 3.8) is 0 Å². The summed E-state index contributed by atoms with van der Waals surface area (Å²) in [5, 5.41) is 4.86. The fraction of sp³-hybridized carbons (Fsp3) is 0.250. The number of ether oxygens (including phenoxy) is 2. The Labute approximate surface area is 90.8 Å². The number of alkyl halides is 2. The van der Waals surface area contributed by atoms with Gasteiger partial charge in [-0.25, -0.2) is 13.6 Å². The molecule has 0 amide bonds. The SMILES string of the molecule is COc1cc(S(N)(=O)=O)ccc1OC(F)F. The van der Waals surface area contributed by atoms with E-state index < -0.39 is 16.6 Å². The molecule has 0 spiro atoms. The highest BCUT2D eigenvalue weighted by Crippen LogP contribution is 2.30. The van der Waals surface area contributed by atoms with E-state index in [0.717, 1.165) is 18.2 Å². The van der Waals surface area contributed by atoms with Gasteiger partial charge in [0, 0.05) is 6.07 Å². The largest absolute Gasteiger partial charge is 0.493 e. The van der Waals surface area contributed by atoms with Crippen LogP contribution >= 0.6 is 0 Å². The second-order valence-corrected chi connectivity index (χ2v) is 4.30.